The molecule has 0 radical (unpaired) electrons. The molecule has 0 aromatic heterocycles. The summed E-state index contributed by atoms with van der Waals surface area (Å²) in [6, 6.07) is -1.17. The predicted molar refractivity (Wildman–Crippen MR) is 56.5 cm³/mol. The fraction of sp³-hybridized carbons (Fsp3) is 0.333. The summed E-state index contributed by atoms with van der Waals surface area (Å²) in [6.45, 7) is 0.0893. The number of hydrogen-bond acceptors (Lipinski definition) is 4. The lowest BCUT2D eigenvalue weighted by Crippen LogP contribution is -2.51. The maximum Gasteiger partial charge on any atom is 0.281 e. The summed E-state index contributed by atoms with van der Waals surface area (Å²) in [4.78, 5) is 18.4. The van der Waals surface area contributed by atoms with Crippen LogP contribution in [-0.4, -0.2) is 40.5 Å². The average Bonchev–Trinajstić information content (AvgIpc) is 2.09. The van der Waals surface area contributed by atoms with Crippen LogP contribution in [0.1, 0.15) is 0 Å². The van der Waals surface area contributed by atoms with Gasteiger partial charge in [-0.1, -0.05) is 11.6 Å². The van der Waals surface area contributed by atoms with Crippen LogP contribution in [0.4, 0.5) is 0 Å². The third-order valence-electron chi connectivity index (χ3n) is 1.61. The molecule has 1 atom stereocenters. The molecule has 1 aliphatic rings. The Labute approximate surface area is 90.2 Å². The minimum Gasteiger partial charge on any atom is -0.370 e. The molecule has 8 nitrogen and oxygen atoms in total. The molecule has 1 heterocycles. The number of rotatable bonds is 1. The van der Waals surface area contributed by atoms with Gasteiger partial charge in [-0.15, -0.1) is 0 Å². The molecule has 1 unspecified atom stereocenters. The highest BCUT2D eigenvalue weighted by molar-refractivity contribution is 6.66. The summed E-state index contributed by atoms with van der Waals surface area (Å²) in [5.74, 6) is 4.04. The molecule has 0 fully saturated rings. The number of amides is 1. The molecule has 1 aliphatic heterocycles. The average molecular weight is 232 g/mol. The largest absolute Gasteiger partial charge is 0.370 e. The van der Waals surface area contributed by atoms with Gasteiger partial charge < -0.3 is 11.5 Å². The van der Waals surface area contributed by atoms with Crippen LogP contribution < -0.4 is 17.3 Å². The first-order valence-electron chi connectivity index (χ1n) is 3.88. The van der Waals surface area contributed by atoms with Gasteiger partial charge in [-0.3, -0.25) is 20.2 Å². The molecular weight excluding hydrogens is 222 g/mol. The fourth-order valence-electron chi connectivity index (χ4n) is 0.985. The molecule has 0 saturated carbocycles. The third-order valence-corrected chi connectivity index (χ3v) is 1.83. The fourth-order valence-corrected chi connectivity index (χ4v) is 1.21. The van der Waals surface area contributed by atoms with Gasteiger partial charge in [-0.2, -0.15) is 4.99 Å². The number of halogens is 1. The highest BCUT2D eigenvalue weighted by atomic mass is 35.5. The number of amidine groups is 1. The first-order chi connectivity index (χ1) is 6.91. The van der Waals surface area contributed by atoms with Gasteiger partial charge >= 0.3 is 0 Å². The van der Waals surface area contributed by atoms with Crippen LogP contribution in [0, 0.1) is 5.41 Å². The number of hydrogen-bond donors (Lipinski definition) is 4. The second-order valence-electron chi connectivity index (χ2n) is 2.80. The second kappa shape index (κ2) is 4.24. The van der Waals surface area contributed by atoms with Crippen molar-refractivity contribution < 1.29 is 4.79 Å². The van der Waals surface area contributed by atoms with Gasteiger partial charge in [-0.05, 0) is 0 Å². The van der Waals surface area contributed by atoms with Crippen LogP contribution in [0.15, 0.2) is 9.98 Å². The molecule has 0 spiro atoms. The van der Waals surface area contributed by atoms with Crippen molar-refractivity contribution in [3.63, 3.8) is 0 Å². The van der Waals surface area contributed by atoms with E-state index in [1.54, 1.807) is 0 Å². The van der Waals surface area contributed by atoms with Gasteiger partial charge in [0.25, 0.3) is 5.91 Å². The van der Waals surface area contributed by atoms with Crippen molar-refractivity contribution in [2.75, 3.05) is 6.54 Å². The highest BCUT2D eigenvalue weighted by Gasteiger charge is 2.30. The second-order valence-corrected chi connectivity index (χ2v) is 3.23. The number of guanidine groups is 1. The van der Waals surface area contributed by atoms with E-state index in [0.717, 1.165) is 5.01 Å². The summed E-state index contributed by atoms with van der Waals surface area (Å²) in [5, 5.41) is 8.60. The van der Waals surface area contributed by atoms with Crippen molar-refractivity contribution in [2.24, 2.45) is 27.3 Å². The topological polar surface area (TPSA) is 147 Å². The van der Waals surface area contributed by atoms with Crippen LogP contribution in [0.5, 0.6) is 0 Å². The summed E-state index contributed by atoms with van der Waals surface area (Å²) in [5.41, 5.74) is 10.0. The molecule has 15 heavy (non-hydrogen) atoms. The van der Waals surface area contributed by atoms with Crippen molar-refractivity contribution in [3.05, 3.63) is 0 Å². The SMILES string of the molecule is N=C1C(C(=O)N=C(N)N)N=C(Cl)CN1N. The molecule has 0 aliphatic carbocycles. The molecule has 9 heteroatoms. The van der Waals surface area contributed by atoms with Crippen LogP contribution >= 0.6 is 11.6 Å². The number of carbonyl (C=O) groups is 1. The van der Waals surface area contributed by atoms with E-state index in [4.69, 9.17) is 34.3 Å². The minimum atomic E-state index is -1.17. The number of nitrogens with one attached hydrogen (secondary N) is 1. The molecule has 0 saturated heterocycles. The van der Waals surface area contributed by atoms with Crippen molar-refractivity contribution in [2.45, 2.75) is 6.04 Å². The van der Waals surface area contributed by atoms with Crippen LogP contribution in [0.3, 0.4) is 0 Å². The quantitative estimate of drug-likeness (QED) is 0.233. The minimum absolute atomic E-state index is 0.0893. The van der Waals surface area contributed by atoms with E-state index in [-0.39, 0.29) is 17.6 Å². The standard InChI is InChI=1S/C6H10ClN7O/c7-2-1-14(11)4(8)3(12-2)5(15)13-6(9)10/h3,8H,1,11H2,(H4,9,10,13,15). The zero-order chi connectivity index (χ0) is 11.6. The lowest BCUT2D eigenvalue weighted by Gasteiger charge is -2.26. The molecule has 7 N–H and O–H groups in total. The lowest BCUT2D eigenvalue weighted by molar-refractivity contribution is -0.117. The Balaban J connectivity index is 2.94. The van der Waals surface area contributed by atoms with Gasteiger partial charge in [0.1, 0.15) is 11.0 Å². The van der Waals surface area contributed by atoms with E-state index in [9.17, 15) is 4.79 Å². The van der Waals surface area contributed by atoms with E-state index in [1.165, 1.54) is 0 Å². The number of carbonyl (C=O) groups excluding carboxylic acids is 1. The van der Waals surface area contributed by atoms with E-state index in [0.29, 0.717) is 0 Å². The zero-order valence-corrected chi connectivity index (χ0v) is 8.40. The van der Waals surface area contributed by atoms with Gasteiger partial charge in [0, 0.05) is 0 Å². The van der Waals surface area contributed by atoms with E-state index < -0.39 is 17.9 Å². The van der Waals surface area contributed by atoms with Crippen molar-refractivity contribution in [1.29, 1.82) is 5.41 Å². The molecule has 0 aromatic carbocycles. The Morgan fingerprint density at radius 3 is 2.80 bits per heavy atom. The Morgan fingerprint density at radius 1 is 1.67 bits per heavy atom. The monoisotopic (exact) mass is 231 g/mol. The maximum absolute atomic E-state index is 11.4. The predicted octanol–water partition coefficient (Wildman–Crippen LogP) is -2.04. The highest BCUT2D eigenvalue weighted by Crippen LogP contribution is 2.08. The Morgan fingerprint density at radius 2 is 2.27 bits per heavy atom. The van der Waals surface area contributed by atoms with Gasteiger partial charge in [-0.25, -0.2) is 5.84 Å². The molecule has 0 bridgehead atoms. The van der Waals surface area contributed by atoms with Gasteiger partial charge in [0.15, 0.2) is 12.0 Å². The summed E-state index contributed by atoms with van der Waals surface area (Å²) in [6.07, 6.45) is 0. The zero-order valence-electron chi connectivity index (χ0n) is 7.64. The molecule has 1 rings (SSSR count). The Kier molecular flexibility index (Phi) is 3.22. The first kappa shape index (κ1) is 11.4. The molecule has 1 amide bonds. The molecular formula is C6H10ClN7O. The van der Waals surface area contributed by atoms with Crippen molar-refractivity contribution >= 4 is 34.5 Å². The van der Waals surface area contributed by atoms with Crippen LogP contribution in [-0.2, 0) is 4.79 Å². The normalized spacial score (nSPS) is 20.9. The number of hydrazine groups is 1. The summed E-state index contributed by atoms with van der Waals surface area (Å²) in [7, 11) is 0. The smallest absolute Gasteiger partial charge is 0.281 e. The van der Waals surface area contributed by atoms with Gasteiger partial charge in [0.05, 0.1) is 6.54 Å². The summed E-state index contributed by atoms with van der Waals surface area (Å²) < 4.78 is 0. The van der Waals surface area contributed by atoms with Crippen molar-refractivity contribution in [3.8, 4) is 0 Å². The van der Waals surface area contributed by atoms with E-state index in [1.807, 2.05) is 0 Å². The van der Waals surface area contributed by atoms with E-state index >= 15 is 0 Å². The van der Waals surface area contributed by atoms with Crippen LogP contribution in [0.25, 0.3) is 0 Å². The first-order valence-corrected chi connectivity index (χ1v) is 4.26. The van der Waals surface area contributed by atoms with Crippen LogP contribution in [0.2, 0.25) is 0 Å². The Hall–Kier alpha value is -1.67. The third kappa shape index (κ3) is 2.64. The van der Waals surface area contributed by atoms with E-state index in [2.05, 4.69) is 9.98 Å². The molecule has 0 aromatic rings. The number of nitrogens with zero attached hydrogens (tertiary/aromatic N) is 3. The number of nitrogens with two attached hydrogens (primary N) is 3. The Bertz CT molecular complexity index is 358. The lowest BCUT2D eigenvalue weighted by atomic mass is 10.2. The summed E-state index contributed by atoms with van der Waals surface area (Å²) >= 11 is 5.62. The van der Waals surface area contributed by atoms with Gasteiger partial charge in [0.2, 0.25) is 0 Å². The maximum atomic E-state index is 11.4. The number of aliphatic imine (C=N–C) groups is 2. The molecule has 82 valence electrons. The van der Waals surface area contributed by atoms with Crippen molar-refractivity contribution in [1.82, 2.24) is 5.01 Å².